The Balaban J connectivity index is 1.43. The van der Waals surface area contributed by atoms with Gasteiger partial charge in [0.05, 0.1) is 15.9 Å². The summed E-state index contributed by atoms with van der Waals surface area (Å²) in [5.41, 5.74) is 4.44. The summed E-state index contributed by atoms with van der Waals surface area (Å²) < 4.78 is 28.1. The van der Waals surface area contributed by atoms with Crippen LogP contribution in [0.3, 0.4) is 0 Å². The van der Waals surface area contributed by atoms with Gasteiger partial charge < -0.3 is 4.98 Å². The molecule has 1 aliphatic carbocycles. The van der Waals surface area contributed by atoms with E-state index >= 15 is 0 Å². The maximum Gasteiger partial charge on any atom is 0.243 e. The molecule has 1 aromatic heterocycles. The molecule has 2 heterocycles. The molecule has 1 aliphatic heterocycles. The fraction of sp³-hybridized carbons (Fsp3) is 0.381. The topological polar surface area (TPSA) is 66.1 Å². The van der Waals surface area contributed by atoms with Crippen LogP contribution in [0.1, 0.15) is 42.1 Å². The number of hydrogen-bond donors (Lipinski definition) is 1. The third kappa shape index (κ3) is 2.97. The summed E-state index contributed by atoms with van der Waals surface area (Å²) in [6, 6.07) is 13.6. The van der Waals surface area contributed by atoms with Gasteiger partial charge in [0, 0.05) is 19.0 Å². The highest BCUT2D eigenvalue weighted by Crippen LogP contribution is 2.31. The van der Waals surface area contributed by atoms with Gasteiger partial charge in [-0.1, -0.05) is 18.2 Å². The zero-order valence-corrected chi connectivity index (χ0v) is 16.0. The molecule has 1 unspecified atom stereocenters. The average Bonchev–Trinajstić information content (AvgIpc) is 3.34. The van der Waals surface area contributed by atoms with Gasteiger partial charge in [-0.05, 0) is 67.5 Å². The third-order valence-corrected chi connectivity index (χ3v) is 7.75. The van der Waals surface area contributed by atoms with Crippen LogP contribution in [0.5, 0.6) is 0 Å². The molecule has 3 aromatic rings. The number of hydrogen-bond acceptors (Lipinski definition) is 3. The molecule has 1 fully saturated rings. The number of nitrogens with zero attached hydrogens (tertiary/aromatic N) is 2. The molecule has 0 radical (unpaired) electrons. The number of benzene rings is 2. The van der Waals surface area contributed by atoms with Gasteiger partial charge in [-0.15, -0.1) is 0 Å². The number of H-pyrrole nitrogens is 1. The second-order valence-electron chi connectivity index (χ2n) is 7.63. The van der Waals surface area contributed by atoms with Gasteiger partial charge in [-0.2, -0.15) is 4.31 Å². The highest BCUT2D eigenvalue weighted by Gasteiger charge is 2.32. The summed E-state index contributed by atoms with van der Waals surface area (Å²) in [5, 5.41) is 0. The monoisotopic (exact) mass is 381 g/mol. The Morgan fingerprint density at radius 1 is 1.04 bits per heavy atom. The quantitative estimate of drug-likeness (QED) is 0.753. The van der Waals surface area contributed by atoms with E-state index in [1.165, 1.54) is 11.1 Å². The van der Waals surface area contributed by atoms with E-state index in [1.807, 2.05) is 36.4 Å². The maximum absolute atomic E-state index is 13.2. The second-order valence-corrected chi connectivity index (χ2v) is 9.56. The lowest BCUT2D eigenvalue weighted by Crippen LogP contribution is -2.39. The number of nitrogens with one attached hydrogen (secondary N) is 1. The van der Waals surface area contributed by atoms with Gasteiger partial charge in [0.15, 0.2) is 0 Å². The highest BCUT2D eigenvalue weighted by atomic mass is 32.2. The maximum atomic E-state index is 13.2. The molecule has 140 valence electrons. The second kappa shape index (κ2) is 6.46. The van der Waals surface area contributed by atoms with Gasteiger partial charge in [-0.25, -0.2) is 13.4 Å². The zero-order valence-electron chi connectivity index (χ0n) is 15.2. The molecular formula is C21H23N3O2S. The average molecular weight is 382 g/mol. The number of sulfonamides is 1. The van der Waals surface area contributed by atoms with E-state index in [1.54, 1.807) is 10.4 Å². The first-order valence-corrected chi connectivity index (χ1v) is 11.1. The van der Waals surface area contributed by atoms with Crippen LogP contribution >= 0.6 is 0 Å². The molecule has 1 saturated heterocycles. The van der Waals surface area contributed by atoms with Gasteiger partial charge in [0.1, 0.15) is 5.82 Å². The van der Waals surface area contributed by atoms with E-state index in [-0.39, 0.29) is 5.92 Å². The van der Waals surface area contributed by atoms with Crippen LogP contribution in [0.15, 0.2) is 47.4 Å². The lowest BCUT2D eigenvalue weighted by molar-refractivity contribution is 0.310. The van der Waals surface area contributed by atoms with Crippen molar-refractivity contribution >= 4 is 21.1 Å². The van der Waals surface area contributed by atoms with E-state index in [2.05, 4.69) is 4.98 Å². The van der Waals surface area contributed by atoms with Gasteiger partial charge >= 0.3 is 0 Å². The molecule has 1 atom stereocenters. The molecule has 27 heavy (non-hydrogen) atoms. The van der Waals surface area contributed by atoms with Crippen LogP contribution in [-0.4, -0.2) is 35.8 Å². The summed E-state index contributed by atoms with van der Waals surface area (Å²) in [6.07, 6.45) is 4.98. The smallest absolute Gasteiger partial charge is 0.243 e. The molecule has 1 N–H and O–H groups in total. The fourth-order valence-corrected chi connectivity index (χ4v) is 5.98. The predicted octanol–water partition coefficient (Wildman–Crippen LogP) is 3.62. The number of aromatic nitrogens is 2. The summed E-state index contributed by atoms with van der Waals surface area (Å²) in [4.78, 5) is 8.51. The van der Waals surface area contributed by atoms with Crippen LogP contribution in [0.2, 0.25) is 0 Å². The molecule has 5 nitrogen and oxygen atoms in total. The van der Waals surface area contributed by atoms with Crippen LogP contribution in [-0.2, 0) is 22.9 Å². The van der Waals surface area contributed by atoms with Crippen LogP contribution in [0.25, 0.3) is 11.0 Å². The van der Waals surface area contributed by atoms with E-state index < -0.39 is 10.0 Å². The Labute approximate surface area is 159 Å². The molecule has 5 rings (SSSR count). The number of fused-ring (bicyclic) bond motifs is 2. The van der Waals surface area contributed by atoms with Crippen LogP contribution in [0.4, 0.5) is 0 Å². The molecule has 2 aliphatic rings. The van der Waals surface area contributed by atoms with Crippen molar-refractivity contribution in [1.29, 1.82) is 0 Å². The number of imidazole rings is 1. The predicted molar refractivity (Wildman–Crippen MR) is 105 cm³/mol. The molecule has 0 bridgehead atoms. The van der Waals surface area contributed by atoms with Crippen molar-refractivity contribution in [2.45, 2.75) is 42.9 Å². The van der Waals surface area contributed by atoms with Crippen molar-refractivity contribution in [2.75, 3.05) is 13.1 Å². The largest absolute Gasteiger partial charge is 0.342 e. The first kappa shape index (κ1) is 17.0. The number of aromatic amines is 1. The Hall–Kier alpha value is -2.18. The fourth-order valence-electron chi connectivity index (χ4n) is 4.41. The van der Waals surface area contributed by atoms with Crippen molar-refractivity contribution in [3.8, 4) is 0 Å². The first-order valence-electron chi connectivity index (χ1n) is 9.68. The van der Waals surface area contributed by atoms with E-state index in [9.17, 15) is 8.42 Å². The molecule has 0 spiro atoms. The standard InChI is InChI=1S/C21H23N3O2S/c25-27(26,18-11-10-15-5-3-6-16(15)13-18)24-12-4-7-17(14-24)21-22-19-8-1-2-9-20(19)23-21/h1-2,8-11,13,17H,3-7,12,14H2,(H,22,23). The van der Waals surface area contributed by atoms with Gasteiger partial charge in [-0.3, -0.25) is 0 Å². The number of piperidine rings is 1. The summed E-state index contributed by atoms with van der Waals surface area (Å²) in [5.74, 6) is 1.00. The normalized spacial score (nSPS) is 20.8. The van der Waals surface area contributed by atoms with Crippen molar-refractivity contribution in [3.63, 3.8) is 0 Å². The minimum Gasteiger partial charge on any atom is -0.342 e. The Bertz CT molecular complexity index is 1070. The molecule has 6 heteroatoms. The van der Waals surface area contributed by atoms with Crippen molar-refractivity contribution < 1.29 is 8.42 Å². The Morgan fingerprint density at radius 2 is 1.89 bits per heavy atom. The number of para-hydroxylation sites is 2. The van der Waals surface area contributed by atoms with Crippen LogP contribution < -0.4 is 0 Å². The summed E-state index contributed by atoms with van der Waals surface area (Å²) in [7, 11) is -3.46. The lowest BCUT2D eigenvalue weighted by atomic mass is 9.99. The minimum absolute atomic E-state index is 0.107. The first-order chi connectivity index (χ1) is 13.1. The molecule has 2 aromatic carbocycles. The number of rotatable bonds is 3. The molecular weight excluding hydrogens is 358 g/mol. The summed E-state index contributed by atoms with van der Waals surface area (Å²) in [6.45, 7) is 1.06. The van der Waals surface area contributed by atoms with E-state index in [0.29, 0.717) is 18.0 Å². The van der Waals surface area contributed by atoms with Crippen LogP contribution in [0, 0.1) is 0 Å². The van der Waals surface area contributed by atoms with Crippen molar-refractivity contribution in [3.05, 3.63) is 59.4 Å². The number of aryl methyl sites for hydroxylation is 2. The van der Waals surface area contributed by atoms with Crippen molar-refractivity contribution in [1.82, 2.24) is 14.3 Å². The van der Waals surface area contributed by atoms with E-state index in [0.717, 1.165) is 49.0 Å². The SMILES string of the molecule is O=S(=O)(c1ccc2c(c1)CCC2)N1CCCC(c2nc3ccccc3[nH]2)C1. The summed E-state index contributed by atoms with van der Waals surface area (Å²) >= 11 is 0. The lowest BCUT2D eigenvalue weighted by Gasteiger charge is -2.31. The van der Waals surface area contributed by atoms with Gasteiger partial charge in [0.2, 0.25) is 10.0 Å². The minimum atomic E-state index is -3.46. The zero-order chi connectivity index (χ0) is 18.4. The molecule has 0 amide bonds. The molecule has 0 saturated carbocycles. The Morgan fingerprint density at radius 3 is 2.78 bits per heavy atom. The van der Waals surface area contributed by atoms with Gasteiger partial charge in [0.25, 0.3) is 0 Å². The third-order valence-electron chi connectivity index (χ3n) is 5.89. The van der Waals surface area contributed by atoms with E-state index in [4.69, 9.17) is 4.98 Å². The van der Waals surface area contributed by atoms with Crippen molar-refractivity contribution in [2.24, 2.45) is 0 Å². The Kier molecular flexibility index (Phi) is 4.06. The highest BCUT2D eigenvalue weighted by molar-refractivity contribution is 7.89.